The monoisotopic (exact) mass is 1080 g/mol. The van der Waals surface area contributed by atoms with E-state index in [1.165, 1.54) is 65.3 Å². The average molecular weight is 1080 g/mol. The number of benzene rings is 15. The number of anilines is 9. The summed E-state index contributed by atoms with van der Waals surface area (Å²) < 4.78 is 0. The maximum atomic E-state index is 2.47. The average Bonchev–Trinajstić information content (AvgIpc) is 1.74. The molecule has 400 valence electrons. The van der Waals surface area contributed by atoms with Crippen molar-refractivity contribution >= 4 is 94.3 Å². The molecule has 15 aromatic rings. The van der Waals surface area contributed by atoms with Gasteiger partial charge in [0.15, 0.2) is 0 Å². The number of rotatable bonds is 13. The molecule has 0 aromatic heterocycles. The molecule has 0 amide bonds. The molecule has 3 nitrogen and oxygen atoms in total. The standard InChI is InChI=1S/C82H57N3/c1-8-25-60(26-9-1)76-57-77(61-43-48-70(49-44-61)83(65-30-12-3-13-31-65)66-32-14-4-15-33-66)81-74-53-51-73(84(67-34-16-5-17-35-67)68-36-18-6-19-37-68)56-79(74)78-55-64(45-52-75(78)82(81)80(76)62-27-10-2-11-28-62)59-40-46-71(47-41-59)85(69-38-20-7-21-39-69)72-50-42-58-24-22-23-29-63(58)54-72/h1-57H. The van der Waals surface area contributed by atoms with Gasteiger partial charge in [-0.1, -0.05) is 224 Å². The first-order valence-corrected chi connectivity index (χ1v) is 29.1. The first-order chi connectivity index (χ1) is 42.2. The van der Waals surface area contributed by atoms with Crippen LogP contribution in [0.1, 0.15) is 0 Å². The van der Waals surface area contributed by atoms with Crippen LogP contribution in [-0.2, 0) is 0 Å². The lowest BCUT2D eigenvalue weighted by molar-refractivity contribution is 1.28. The Labute approximate surface area is 496 Å². The molecule has 15 rings (SSSR count). The number of nitrogens with zero attached hydrogens (tertiary/aromatic N) is 3. The van der Waals surface area contributed by atoms with E-state index >= 15 is 0 Å². The molecule has 85 heavy (non-hydrogen) atoms. The Balaban J connectivity index is 0.989. The Hall–Kier alpha value is -11.3. The van der Waals surface area contributed by atoms with E-state index in [9.17, 15) is 0 Å². The minimum Gasteiger partial charge on any atom is -0.311 e. The third kappa shape index (κ3) is 9.60. The molecule has 0 aliphatic heterocycles. The van der Waals surface area contributed by atoms with Gasteiger partial charge in [0, 0.05) is 51.2 Å². The molecule has 0 spiro atoms. The first kappa shape index (κ1) is 50.7. The molecule has 0 aliphatic rings. The van der Waals surface area contributed by atoms with Crippen molar-refractivity contribution in [3.05, 3.63) is 346 Å². The van der Waals surface area contributed by atoms with E-state index in [1.807, 2.05) is 0 Å². The van der Waals surface area contributed by atoms with Crippen molar-refractivity contribution in [2.45, 2.75) is 0 Å². The molecule has 0 bridgehead atoms. The summed E-state index contributed by atoms with van der Waals surface area (Å²) in [7, 11) is 0. The second-order valence-electron chi connectivity index (χ2n) is 21.6. The second kappa shape index (κ2) is 22.2. The topological polar surface area (TPSA) is 9.72 Å². The lowest BCUT2D eigenvalue weighted by Crippen LogP contribution is -2.09. The van der Waals surface area contributed by atoms with Crippen LogP contribution in [-0.4, -0.2) is 0 Å². The van der Waals surface area contributed by atoms with Gasteiger partial charge < -0.3 is 14.7 Å². The van der Waals surface area contributed by atoms with Gasteiger partial charge in [-0.05, 0) is 209 Å². The maximum absolute atomic E-state index is 2.47. The van der Waals surface area contributed by atoms with E-state index in [-0.39, 0.29) is 0 Å². The minimum absolute atomic E-state index is 1.08. The summed E-state index contributed by atoms with van der Waals surface area (Å²) in [5.41, 5.74) is 19.1. The number of hydrogen-bond donors (Lipinski definition) is 0. The Kier molecular flexibility index (Phi) is 13.3. The highest BCUT2D eigenvalue weighted by Gasteiger charge is 2.24. The van der Waals surface area contributed by atoms with Crippen LogP contribution in [0, 0.1) is 0 Å². The van der Waals surface area contributed by atoms with E-state index in [1.54, 1.807) is 0 Å². The Morgan fingerprint density at radius 2 is 0.506 bits per heavy atom. The molecular formula is C82H57N3. The molecule has 0 unspecified atom stereocenters. The maximum Gasteiger partial charge on any atom is 0.0468 e. The summed E-state index contributed by atoms with van der Waals surface area (Å²) in [5.74, 6) is 0. The van der Waals surface area contributed by atoms with Gasteiger partial charge in [-0.25, -0.2) is 0 Å². The Morgan fingerprint density at radius 1 is 0.165 bits per heavy atom. The van der Waals surface area contributed by atoms with Crippen molar-refractivity contribution in [2.75, 3.05) is 14.7 Å². The Morgan fingerprint density at radius 3 is 1.02 bits per heavy atom. The molecule has 0 fully saturated rings. The zero-order valence-corrected chi connectivity index (χ0v) is 46.8. The summed E-state index contributed by atoms with van der Waals surface area (Å²) in [6.07, 6.45) is 0. The third-order valence-corrected chi connectivity index (χ3v) is 16.5. The predicted octanol–water partition coefficient (Wildman–Crippen LogP) is 23.4. The fourth-order valence-corrected chi connectivity index (χ4v) is 12.6. The van der Waals surface area contributed by atoms with E-state index in [0.29, 0.717) is 0 Å². The Bertz CT molecular complexity index is 4750. The van der Waals surface area contributed by atoms with Crippen LogP contribution in [0.25, 0.3) is 87.6 Å². The van der Waals surface area contributed by atoms with Crippen LogP contribution < -0.4 is 14.7 Å². The quantitative estimate of drug-likeness (QED) is 0.107. The van der Waals surface area contributed by atoms with E-state index < -0.39 is 0 Å². The van der Waals surface area contributed by atoms with Crippen molar-refractivity contribution in [2.24, 2.45) is 0 Å². The van der Waals surface area contributed by atoms with E-state index in [4.69, 9.17) is 0 Å². The van der Waals surface area contributed by atoms with Gasteiger partial charge >= 0.3 is 0 Å². The summed E-state index contributed by atoms with van der Waals surface area (Å²) in [5, 5.41) is 9.57. The molecule has 0 aliphatic carbocycles. The van der Waals surface area contributed by atoms with Gasteiger partial charge in [-0.15, -0.1) is 0 Å². The van der Waals surface area contributed by atoms with Crippen LogP contribution >= 0.6 is 0 Å². The minimum atomic E-state index is 1.08. The summed E-state index contributed by atoms with van der Waals surface area (Å²) in [4.78, 5) is 7.07. The molecule has 0 radical (unpaired) electrons. The van der Waals surface area contributed by atoms with Crippen LogP contribution in [0.4, 0.5) is 51.2 Å². The smallest absolute Gasteiger partial charge is 0.0468 e. The number of para-hydroxylation sites is 5. The van der Waals surface area contributed by atoms with Crippen LogP contribution in [0.2, 0.25) is 0 Å². The van der Waals surface area contributed by atoms with Gasteiger partial charge in [0.2, 0.25) is 0 Å². The zero-order chi connectivity index (χ0) is 56.5. The fourth-order valence-electron chi connectivity index (χ4n) is 12.6. The highest BCUT2D eigenvalue weighted by Crippen LogP contribution is 2.51. The highest BCUT2D eigenvalue weighted by molar-refractivity contribution is 6.33. The highest BCUT2D eigenvalue weighted by atomic mass is 15.2. The normalized spacial score (nSPS) is 11.3. The zero-order valence-electron chi connectivity index (χ0n) is 46.8. The van der Waals surface area contributed by atoms with Crippen molar-refractivity contribution < 1.29 is 0 Å². The first-order valence-electron chi connectivity index (χ1n) is 29.1. The van der Waals surface area contributed by atoms with Gasteiger partial charge in [-0.3, -0.25) is 0 Å². The second-order valence-corrected chi connectivity index (χ2v) is 21.6. The summed E-state index contributed by atoms with van der Waals surface area (Å²) in [6, 6.07) is 126. The molecule has 0 saturated heterocycles. The van der Waals surface area contributed by atoms with Crippen molar-refractivity contribution in [1.82, 2.24) is 0 Å². The fraction of sp³-hybridized carbons (Fsp3) is 0. The van der Waals surface area contributed by atoms with Crippen LogP contribution in [0.3, 0.4) is 0 Å². The van der Waals surface area contributed by atoms with E-state index in [0.717, 1.165) is 73.4 Å². The van der Waals surface area contributed by atoms with Gasteiger partial charge in [-0.2, -0.15) is 0 Å². The van der Waals surface area contributed by atoms with Crippen LogP contribution in [0.15, 0.2) is 346 Å². The van der Waals surface area contributed by atoms with Crippen LogP contribution in [0.5, 0.6) is 0 Å². The summed E-state index contributed by atoms with van der Waals surface area (Å²) in [6.45, 7) is 0. The molecule has 0 N–H and O–H groups in total. The van der Waals surface area contributed by atoms with E-state index in [2.05, 4.69) is 360 Å². The third-order valence-electron chi connectivity index (χ3n) is 16.5. The lowest BCUT2D eigenvalue weighted by atomic mass is 9.81. The molecule has 0 saturated carbocycles. The van der Waals surface area contributed by atoms with Crippen molar-refractivity contribution in [3.63, 3.8) is 0 Å². The molecule has 3 heteroatoms. The SMILES string of the molecule is c1ccc(-c2cc(-c3ccc(N(c4ccccc4)c4ccccc4)cc3)c3c4ccc(N(c5ccccc5)c5ccccc5)cc4c4cc(-c5ccc(N(c6ccccc6)c6ccc7ccccc7c6)cc5)ccc4c3c2-c2ccccc2)cc1. The van der Waals surface area contributed by atoms with Crippen molar-refractivity contribution in [1.29, 1.82) is 0 Å². The molecular weight excluding hydrogens is 1030 g/mol. The molecule has 0 heterocycles. The largest absolute Gasteiger partial charge is 0.311 e. The molecule has 15 aromatic carbocycles. The summed E-state index contributed by atoms with van der Waals surface area (Å²) >= 11 is 0. The van der Waals surface area contributed by atoms with Crippen molar-refractivity contribution in [3.8, 4) is 44.5 Å². The van der Waals surface area contributed by atoms with Gasteiger partial charge in [0.1, 0.15) is 0 Å². The van der Waals surface area contributed by atoms with Gasteiger partial charge in [0.05, 0.1) is 0 Å². The van der Waals surface area contributed by atoms with Gasteiger partial charge in [0.25, 0.3) is 0 Å². The molecule has 0 atom stereocenters. The number of fused-ring (bicyclic) bond motifs is 7. The predicted molar refractivity (Wildman–Crippen MR) is 362 cm³/mol. The lowest BCUT2D eigenvalue weighted by Gasteiger charge is -2.27. The number of hydrogen-bond acceptors (Lipinski definition) is 3.